The molecule has 118 valence electrons. The predicted octanol–water partition coefficient (Wildman–Crippen LogP) is 2.50. The van der Waals surface area contributed by atoms with Crippen LogP contribution in [0.5, 0.6) is 0 Å². The van der Waals surface area contributed by atoms with E-state index in [2.05, 4.69) is 30.4 Å². The summed E-state index contributed by atoms with van der Waals surface area (Å²) in [5.41, 5.74) is 4.43. The molecule has 0 bridgehead atoms. The molecule has 4 aromatic rings. The van der Waals surface area contributed by atoms with Gasteiger partial charge in [-0.2, -0.15) is 9.61 Å². The van der Waals surface area contributed by atoms with Gasteiger partial charge in [0.25, 0.3) is 0 Å². The number of rotatable bonds is 4. The lowest BCUT2D eigenvalue weighted by Crippen LogP contribution is -2.07. The fourth-order valence-electron chi connectivity index (χ4n) is 2.54. The fraction of sp³-hybridized carbons (Fsp3) is 0.118. The molecule has 24 heavy (non-hydrogen) atoms. The van der Waals surface area contributed by atoms with Crippen LogP contribution >= 0.6 is 0 Å². The third-order valence-electron chi connectivity index (χ3n) is 3.65. The van der Waals surface area contributed by atoms with Crippen LogP contribution in [0.4, 0.5) is 5.82 Å². The molecule has 0 amide bonds. The van der Waals surface area contributed by atoms with Gasteiger partial charge in [-0.3, -0.25) is 4.98 Å². The maximum atomic E-state index is 4.62. The average Bonchev–Trinajstić information content (AvgIpc) is 3.05. The number of hydrogen-bond donors (Lipinski definition) is 1. The van der Waals surface area contributed by atoms with E-state index in [0.29, 0.717) is 6.54 Å². The third-order valence-corrected chi connectivity index (χ3v) is 3.65. The monoisotopic (exact) mass is 317 g/mol. The molecule has 0 spiro atoms. The first-order valence-electron chi connectivity index (χ1n) is 7.56. The quantitative estimate of drug-likeness (QED) is 0.623. The number of anilines is 1. The second-order valence-corrected chi connectivity index (χ2v) is 5.38. The standard InChI is InChI=1S/C17H15N7/c1-12-6-16(21-9-14-4-2-3-5-20-14)24-17(23-12)15(10-22-24)13-7-18-11-19-8-13/h2-8,10-11,21H,9H2,1H3. The summed E-state index contributed by atoms with van der Waals surface area (Å²) in [5, 5.41) is 7.84. The normalized spacial score (nSPS) is 10.9. The highest BCUT2D eigenvalue weighted by molar-refractivity contribution is 5.77. The zero-order valence-corrected chi connectivity index (χ0v) is 13.1. The zero-order chi connectivity index (χ0) is 16.4. The molecular weight excluding hydrogens is 302 g/mol. The first-order chi connectivity index (χ1) is 11.8. The molecule has 0 radical (unpaired) electrons. The van der Waals surface area contributed by atoms with Gasteiger partial charge in [0.1, 0.15) is 12.1 Å². The summed E-state index contributed by atoms with van der Waals surface area (Å²) in [6, 6.07) is 7.82. The lowest BCUT2D eigenvalue weighted by molar-refractivity contribution is 0.909. The van der Waals surface area contributed by atoms with E-state index in [9.17, 15) is 0 Å². The maximum Gasteiger partial charge on any atom is 0.165 e. The van der Waals surface area contributed by atoms with E-state index >= 15 is 0 Å². The fourth-order valence-corrected chi connectivity index (χ4v) is 2.54. The highest BCUT2D eigenvalue weighted by Gasteiger charge is 2.12. The van der Waals surface area contributed by atoms with Gasteiger partial charge in [0, 0.05) is 41.5 Å². The molecular formula is C17H15N7. The Morgan fingerprint density at radius 3 is 2.79 bits per heavy atom. The second-order valence-electron chi connectivity index (χ2n) is 5.38. The minimum Gasteiger partial charge on any atom is -0.364 e. The van der Waals surface area contributed by atoms with Gasteiger partial charge in [0.15, 0.2) is 5.65 Å². The molecule has 4 heterocycles. The molecule has 0 aliphatic rings. The Bertz CT molecular complexity index is 964. The molecule has 7 heteroatoms. The first kappa shape index (κ1) is 14.3. The van der Waals surface area contributed by atoms with Gasteiger partial charge in [0.2, 0.25) is 0 Å². The smallest absolute Gasteiger partial charge is 0.165 e. The summed E-state index contributed by atoms with van der Waals surface area (Å²) in [5.74, 6) is 0.867. The average molecular weight is 317 g/mol. The van der Waals surface area contributed by atoms with Gasteiger partial charge < -0.3 is 5.32 Å². The van der Waals surface area contributed by atoms with Crippen LogP contribution in [0.1, 0.15) is 11.4 Å². The van der Waals surface area contributed by atoms with Crippen molar-refractivity contribution in [1.82, 2.24) is 29.5 Å². The molecule has 0 saturated carbocycles. The summed E-state index contributed by atoms with van der Waals surface area (Å²) in [7, 11) is 0. The van der Waals surface area contributed by atoms with Crippen LogP contribution in [0, 0.1) is 6.92 Å². The van der Waals surface area contributed by atoms with Crippen molar-refractivity contribution in [1.29, 1.82) is 0 Å². The topological polar surface area (TPSA) is 80.9 Å². The van der Waals surface area contributed by atoms with Crippen LogP contribution in [-0.2, 0) is 6.54 Å². The van der Waals surface area contributed by atoms with Crippen LogP contribution in [-0.4, -0.2) is 29.5 Å². The van der Waals surface area contributed by atoms with Crippen LogP contribution in [0.25, 0.3) is 16.8 Å². The number of fused-ring (bicyclic) bond motifs is 1. The number of aromatic nitrogens is 6. The van der Waals surface area contributed by atoms with Gasteiger partial charge in [-0.15, -0.1) is 0 Å². The Labute approximate surface area is 138 Å². The third kappa shape index (κ3) is 2.67. The van der Waals surface area contributed by atoms with Crippen molar-refractivity contribution < 1.29 is 0 Å². The zero-order valence-electron chi connectivity index (χ0n) is 13.1. The predicted molar refractivity (Wildman–Crippen MR) is 90.3 cm³/mol. The Morgan fingerprint density at radius 2 is 2.00 bits per heavy atom. The SMILES string of the molecule is Cc1cc(NCc2ccccn2)n2ncc(-c3cncnc3)c2n1. The van der Waals surface area contributed by atoms with E-state index in [0.717, 1.165) is 34.0 Å². The van der Waals surface area contributed by atoms with Crippen LogP contribution in [0.3, 0.4) is 0 Å². The molecule has 0 unspecified atom stereocenters. The van der Waals surface area contributed by atoms with Crippen molar-refractivity contribution in [3.8, 4) is 11.1 Å². The molecule has 0 aromatic carbocycles. The molecule has 0 saturated heterocycles. The van der Waals surface area contributed by atoms with Gasteiger partial charge in [-0.1, -0.05) is 6.07 Å². The highest BCUT2D eigenvalue weighted by atomic mass is 15.3. The largest absolute Gasteiger partial charge is 0.364 e. The van der Waals surface area contributed by atoms with Crippen molar-refractivity contribution in [2.45, 2.75) is 13.5 Å². The van der Waals surface area contributed by atoms with E-state index in [1.54, 1.807) is 29.3 Å². The summed E-state index contributed by atoms with van der Waals surface area (Å²) in [6.07, 6.45) is 8.59. The van der Waals surface area contributed by atoms with Crippen LogP contribution in [0.15, 0.2) is 55.4 Å². The van der Waals surface area contributed by atoms with Gasteiger partial charge >= 0.3 is 0 Å². The maximum absolute atomic E-state index is 4.62. The minimum atomic E-state index is 0.614. The highest BCUT2D eigenvalue weighted by Crippen LogP contribution is 2.24. The molecule has 1 N–H and O–H groups in total. The summed E-state index contributed by atoms with van der Waals surface area (Å²) in [6.45, 7) is 2.58. The van der Waals surface area contributed by atoms with Gasteiger partial charge in [-0.25, -0.2) is 15.0 Å². The number of nitrogens with zero attached hydrogens (tertiary/aromatic N) is 6. The van der Waals surface area contributed by atoms with Crippen molar-refractivity contribution in [3.05, 3.63) is 66.8 Å². The molecule has 0 fully saturated rings. The second kappa shape index (κ2) is 6.04. The van der Waals surface area contributed by atoms with Crippen molar-refractivity contribution in [3.63, 3.8) is 0 Å². The lowest BCUT2D eigenvalue weighted by Gasteiger charge is -2.09. The number of nitrogens with one attached hydrogen (secondary N) is 1. The Kier molecular flexibility index (Phi) is 3.59. The van der Waals surface area contributed by atoms with E-state index in [1.807, 2.05) is 31.2 Å². The van der Waals surface area contributed by atoms with E-state index < -0.39 is 0 Å². The molecule has 4 aromatic heterocycles. The van der Waals surface area contributed by atoms with Gasteiger partial charge in [-0.05, 0) is 19.1 Å². The van der Waals surface area contributed by atoms with Crippen molar-refractivity contribution in [2.24, 2.45) is 0 Å². The van der Waals surface area contributed by atoms with E-state index in [1.165, 1.54) is 6.33 Å². The molecule has 7 nitrogen and oxygen atoms in total. The molecule has 0 atom stereocenters. The molecule has 0 aliphatic heterocycles. The van der Waals surface area contributed by atoms with E-state index in [-0.39, 0.29) is 0 Å². The first-order valence-corrected chi connectivity index (χ1v) is 7.56. The number of aryl methyl sites for hydroxylation is 1. The number of pyridine rings is 1. The van der Waals surface area contributed by atoms with Crippen LogP contribution < -0.4 is 5.32 Å². The van der Waals surface area contributed by atoms with E-state index in [4.69, 9.17) is 0 Å². The van der Waals surface area contributed by atoms with Crippen molar-refractivity contribution in [2.75, 3.05) is 5.32 Å². The van der Waals surface area contributed by atoms with Crippen LogP contribution in [0.2, 0.25) is 0 Å². The lowest BCUT2D eigenvalue weighted by atomic mass is 10.2. The number of hydrogen-bond acceptors (Lipinski definition) is 6. The summed E-state index contributed by atoms with van der Waals surface area (Å²) >= 11 is 0. The molecule has 4 rings (SSSR count). The summed E-state index contributed by atoms with van der Waals surface area (Å²) in [4.78, 5) is 17.1. The Hall–Kier alpha value is -3.35. The Balaban J connectivity index is 1.73. The Morgan fingerprint density at radius 1 is 1.12 bits per heavy atom. The van der Waals surface area contributed by atoms with Gasteiger partial charge in [0.05, 0.1) is 18.4 Å². The minimum absolute atomic E-state index is 0.614. The summed E-state index contributed by atoms with van der Waals surface area (Å²) < 4.78 is 1.79. The molecule has 0 aliphatic carbocycles. The van der Waals surface area contributed by atoms with Crippen molar-refractivity contribution >= 4 is 11.5 Å².